The molecule has 0 spiro atoms. The Bertz CT molecular complexity index is 1080. The van der Waals surface area contributed by atoms with Crippen molar-refractivity contribution in [3.05, 3.63) is 29.8 Å². The molecular formula is C30H47N3O8. The van der Waals surface area contributed by atoms with E-state index in [-0.39, 0.29) is 6.42 Å². The molecule has 1 aromatic carbocycles. The van der Waals surface area contributed by atoms with E-state index in [2.05, 4.69) is 10.6 Å². The Morgan fingerprint density at radius 1 is 0.976 bits per heavy atom. The molecule has 0 aromatic heterocycles. The number of hydrogen-bond donors (Lipinski definition) is 2. The first-order valence-electron chi connectivity index (χ1n) is 13.9. The van der Waals surface area contributed by atoms with E-state index < -0.39 is 58.8 Å². The average molecular weight is 578 g/mol. The van der Waals surface area contributed by atoms with E-state index in [9.17, 15) is 19.2 Å². The molecule has 1 saturated heterocycles. The number of likely N-dealkylation sites (tertiary alicyclic amines) is 1. The van der Waals surface area contributed by atoms with Crippen LogP contribution >= 0.6 is 0 Å². The zero-order valence-corrected chi connectivity index (χ0v) is 26.1. The number of nitrogens with one attached hydrogen (secondary N) is 2. The van der Waals surface area contributed by atoms with Crippen molar-refractivity contribution in [1.82, 2.24) is 15.5 Å². The van der Waals surface area contributed by atoms with Crippen molar-refractivity contribution in [2.45, 2.75) is 110 Å². The molecule has 1 heterocycles. The zero-order chi connectivity index (χ0) is 31.2. The SMILES string of the molecule is COC(=O)[C@]1(C)CCCN1C(=O)[C@H](Cc1ccc(OC)cc1)NC(=O)[C@@H](NC(=O)OC(C)(C)C)[C@@H](C)OC(C)(C)C. The van der Waals surface area contributed by atoms with Gasteiger partial charge in [-0.25, -0.2) is 9.59 Å². The minimum atomic E-state index is -1.18. The van der Waals surface area contributed by atoms with Crippen molar-refractivity contribution in [1.29, 1.82) is 0 Å². The van der Waals surface area contributed by atoms with Crippen LogP contribution in [0, 0.1) is 0 Å². The van der Waals surface area contributed by atoms with Crippen LogP contribution in [0.15, 0.2) is 24.3 Å². The van der Waals surface area contributed by atoms with Gasteiger partial charge in [0.1, 0.15) is 29.0 Å². The van der Waals surface area contributed by atoms with Gasteiger partial charge in [0, 0.05) is 13.0 Å². The third-order valence-electron chi connectivity index (χ3n) is 6.71. The van der Waals surface area contributed by atoms with Gasteiger partial charge in [-0.15, -0.1) is 0 Å². The van der Waals surface area contributed by atoms with Gasteiger partial charge >= 0.3 is 12.1 Å². The van der Waals surface area contributed by atoms with Crippen LogP contribution in [0.2, 0.25) is 0 Å². The standard InChI is InChI=1S/C30H47N3O8/c1-19(40-28(2,3)4)23(32-27(37)41-29(5,6)7)24(34)31-22(18-20-12-14-21(38-9)15-13-20)25(35)33-17-11-16-30(33,8)26(36)39-10/h12-15,19,22-23H,11,16-18H2,1-10H3,(H,31,34)(H,32,37)/t19-,22+,23+,30+/m1/s1. The van der Waals surface area contributed by atoms with Gasteiger partial charge in [0.2, 0.25) is 11.8 Å². The predicted octanol–water partition coefficient (Wildman–Crippen LogP) is 3.37. The molecule has 1 aromatic rings. The van der Waals surface area contributed by atoms with Gasteiger partial charge in [0.05, 0.1) is 25.9 Å². The lowest BCUT2D eigenvalue weighted by molar-refractivity contribution is -0.159. The first kappa shape index (κ1) is 33.9. The van der Waals surface area contributed by atoms with Crippen LogP contribution in [0.3, 0.4) is 0 Å². The predicted molar refractivity (Wildman–Crippen MR) is 153 cm³/mol. The molecular weight excluding hydrogens is 530 g/mol. The summed E-state index contributed by atoms with van der Waals surface area (Å²) >= 11 is 0. The fourth-order valence-electron chi connectivity index (χ4n) is 4.85. The summed E-state index contributed by atoms with van der Waals surface area (Å²) in [5, 5.41) is 5.45. The second-order valence-corrected chi connectivity index (χ2v) is 12.5. The molecule has 1 fully saturated rings. The molecule has 0 unspecified atom stereocenters. The minimum Gasteiger partial charge on any atom is -0.497 e. The van der Waals surface area contributed by atoms with E-state index in [0.717, 1.165) is 5.56 Å². The van der Waals surface area contributed by atoms with Crippen molar-refractivity contribution in [2.24, 2.45) is 0 Å². The molecule has 11 nitrogen and oxygen atoms in total. The number of ether oxygens (including phenoxy) is 4. The summed E-state index contributed by atoms with van der Waals surface area (Å²) in [5.74, 6) is -0.929. The monoisotopic (exact) mass is 577 g/mol. The van der Waals surface area contributed by atoms with Crippen molar-refractivity contribution >= 4 is 23.9 Å². The Hall–Kier alpha value is -3.34. The summed E-state index contributed by atoms with van der Waals surface area (Å²) in [6.07, 6.45) is -0.381. The lowest BCUT2D eigenvalue weighted by Gasteiger charge is -2.36. The van der Waals surface area contributed by atoms with Gasteiger partial charge in [-0.05, 0) is 85.9 Å². The molecule has 1 aliphatic heterocycles. The summed E-state index contributed by atoms with van der Waals surface area (Å²) in [7, 11) is 2.84. The van der Waals surface area contributed by atoms with Crippen LogP contribution in [-0.2, 0) is 35.0 Å². The number of benzene rings is 1. The topological polar surface area (TPSA) is 132 Å². The van der Waals surface area contributed by atoms with Gasteiger partial charge in [-0.3, -0.25) is 9.59 Å². The number of hydrogen-bond acceptors (Lipinski definition) is 8. The molecule has 0 saturated carbocycles. The van der Waals surface area contributed by atoms with Crippen molar-refractivity contribution < 1.29 is 38.1 Å². The van der Waals surface area contributed by atoms with Crippen LogP contribution in [0.5, 0.6) is 5.75 Å². The molecule has 3 amide bonds. The Morgan fingerprint density at radius 2 is 1.59 bits per heavy atom. The third-order valence-corrected chi connectivity index (χ3v) is 6.71. The molecule has 0 aliphatic carbocycles. The van der Waals surface area contributed by atoms with E-state index in [1.54, 1.807) is 66.0 Å². The van der Waals surface area contributed by atoms with E-state index >= 15 is 0 Å². The number of rotatable bonds is 10. The normalized spacial score (nSPS) is 19.5. The quantitative estimate of drug-likeness (QED) is 0.405. The third kappa shape index (κ3) is 9.62. The molecule has 2 rings (SSSR count). The number of methoxy groups -OCH3 is 2. The van der Waals surface area contributed by atoms with Gasteiger partial charge in [-0.2, -0.15) is 0 Å². The van der Waals surface area contributed by atoms with E-state index in [4.69, 9.17) is 18.9 Å². The Labute approximate surface area is 243 Å². The highest BCUT2D eigenvalue weighted by molar-refractivity contribution is 5.95. The number of esters is 1. The Balaban J connectivity index is 2.43. The van der Waals surface area contributed by atoms with Gasteiger partial charge in [-0.1, -0.05) is 12.1 Å². The number of alkyl carbamates (subject to hydrolysis) is 1. The molecule has 2 N–H and O–H groups in total. The number of carbonyl (C=O) groups excluding carboxylic acids is 4. The van der Waals surface area contributed by atoms with Crippen LogP contribution in [0.25, 0.3) is 0 Å². The van der Waals surface area contributed by atoms with Crippen LogP contribution in [0.4, 0.5) is 4.79 Å². The molecule has 11 heteroatoms. The average Bonchev–Trinajstić information content (AvgIpc) is 3.26. The number of nitrogens with zero attached hydrogens (tertiary/aromatic N) is 1. The van der Waals surface area contributed by atoms with Gasteiger partial charge < -0.3 is 34.5 Å². The fraction of sp³-hybridized carbons (Fsp3) is 0.667. The molecule has 0 bridgehead atoms. The Kier molecular flexibility index (Phi) is 11.2. The van der Waals surface area contributed by atoms with Crippen LogP contribution in [-0.4, -0.2) is 84.5 Å². The summed E-state index contributed by atoms with van der Waals surface area (Å²) in [6, 6.07) is 4.90. The molecule has 1 aliphatic rings. The zero-order valence-electron chi connectivity index (χ0n) is 26.1. The highest BCUT2D eigenvalue weighted by Gasteiger charge is 2.48. The largest absolute Gasteiger partial charge is 0.497 e. The minimum absolute atomic E-state index is 0.135. The van der Waals surface area contributed by atoms with Crippen molar-refractivity contribution in [3.63, 3.8) is 0 Å². The van der Waals surface area contributed by atoms with Gasteiger partial charge in [0.25, 0.3) is 0 Å². The smallest absolute Gasteiger partial charge is 0.408 e. The Morgan fingerprint density at radius 3 is 2.10 bits per heavy atom. The summed E-state index contributed by atoms with van der Waals surface area (Å²) in [4.78, 5) is 54.7. The van der Waals surface area contributed by atoms with Crippen LogP contribution < -0.4 is 15.4 Å². The first-order valence-corrected chi connectivity index (χ1v) is 13.9. The fourth-order valence-corrected chi connectivity index (χ4v) is 4.85. The highest BCUT2D eigenvalue weighted by Crippen LogP contribution is 2.31. The first-order chi connectivity index (χ1) is 18.9. The van der Waals surface area contributed by atoms with Crippen molar-refractivity contribution in [2.75, 3.05) is 20.8 Å². The summed E-state index contributed by atoms with van der Waals surface area (Å²) in [6.45, 7) is 14.3. The summed E-state index contributed by atoms with van der Waals surface area (Å²) < 4.78 is 21.7. The van der Waals surface area contributed by atoms with E-state index in [1.807, 2.05) is 20.8 Å². The molecule has 0 radical (unpaired) electrons. The maximum Gasteiger partial charge on any atom is 0.408 e. The maximum atomic E-state index is 14.0. The maximum absolute atomic E-state index is 14.0. The van der Waals surface area contributed by atoms with E-state index in [1.165, 1.54) is 12.0 Å². The second kappa shape index (κ2) is 13.5. The second-order valence-electron chi connectivity index (χ2n) is 12.5. The molecule has 4 atom stereocenters. The molecule has 41 heavy (non-hydrogen) atoms. The van der Waals surface area contributed by atoms with E-state index in [0.29, 0.717) is 25.1 Å². The van der Waals surface area contributed by atoms with Gasteiger partial charge in [0.15, 0.2) is 0 Å². The number of carbonyl (C=O) groups is 4. The van der Waals surface area contributed by atoms with Crippen LogP contribution in [0.1, 0.15) is 73.8 Å². The highest BCUT2D eigenvalue weighted by atomic mass is 16.6. The lowest BCUT2D eigenvalue weighted by Crippen LogP contribution is -2.61. The number of amides is 3. The van der Waals surface area contributed by atoms with Crippen molar-refractivity contribution in [3.8, 4) is 5.75 Å². The molecule has 230 valence electrons. The summed E-state index contributed by atoms with van der Waals surface area (Å²) in [5.41, 5.74) is -1.81. The lowest BCUT2D eigenvalue weighted by atomic mass is 9.97.